The van der Waals surface area contributed by atoms with E-state index in [0.29, 0.717) is 0 Å². The highest BCUT2D eigenvalue weighted by Gasteiger charge is 2.19. The molecule has 0 saturated heterocycles. The third-order valence-electron chi connectivity index (χ3n) is 3.23. The van der Waals surface area contributed by atoms with Gasteiger partial charge in [0.15, 0.2) is 0 Å². The molecule has 0 spiro atoms. The summed E-state index contributed by atoms with van der Waals surface area (Å²) in [6.07, 6.45) is 1.00. The lowest BCUT2D eigenvalue weighted by molar-refractivity contribution is 0.604. The van der Waals surface area contributed by atoms with Crippen LogP contribution in [0.15, 0.2) is 24.3 Å². The fourth-order valence-corrected chi connectivity index (χ4v) is 2.36. The highest BCUT2D eigenvalue weighted by molar-refractivity contribution is 5.64. The minimum atomic E-state index is -0.211. The first kappa shape index (κ1) is 10.5. The van der Waals surface area contributed by atoms with E-state index in [1.165, 1.54) is 23.4 Å². The average Bonchev–Trinajstić information content (AvgIpc) is 2.69. The smallest absolute Gasteiger partial charge is 0.123 e. The van der Waals surface area contributed by atoms with Gasteiger partial charge in [0.2, 0.25) is 0 Å². The van der Waals surface area contributed by atoms with E-state index in [1.54, 1.807) is 12.1 Å². The van der Waals surface area contributed by atoms with Crippen LogP contribution in [0.5, 0.6) is 0 Å². The van der Waals surface area contributed by atoms with Crippen LogP contribution >= 0.6 is 0 Å². The molecule has 1 aromatic heterocycles. The number of hydrogen-bond acceptors (Lipinski definition) is 2. The van der Waals surface area contributed by atoms with Crippen LogP contribution in [-0.2, 0) is 20.0 Å². The third kappa shape index (κ3) is 1.74. The molecule has 0 radical (unpaired) electrons. The molecule has 0 atom stereocenters. The number of rotatable bonds is 1. The number of fused-ring (bicyclic) bond motifs is 1. The van der Waals surface area contributed by atoms with Gasteiger partial charge in [0.1, 0.15) is 5.82 Å². The summed E-state index contributed by atoms with van der Waals surface area (Å²) in [5, 5.41) is 7.89. The maximum Gasteiger partial charge on any atom is 0.123 e. The molecule has 0 bridgehead atoms. The van der Waals surface area contributed by atoms with Gasteiger partial charge in [0, 0.05) is 43.4 Å². The van der Waals surface area contributed by atoms with Gasteiger partial charge in [0.05, 0.1) is 5.69 Å². The highest BCUT2D eigenvalue weighted by atomic mass is 19.1. The van der Waals surface area contributed by atoms with Crippen molar-refractivity contribution in [3.63, 3.8) is 0 Å². The van der Waals surface area contributed by atoms with Crippen LogP contribution in [0.1, 0.15) is 11.3 Å². The molecule has 0 amide bonds. The molecule has 2 aromatic rings. The predicted molar refractivity (Wildman–Crippen MR) is 64.0 cm³/mol. The molecule has 3 nitrogen and oxygen atoms in total. The molecule has 0 saturated carbocycles. The Balaban J connectivity index is 2.11. The molecule has 0 fully saturated rings. The second-order valence-corrected chi connectivity index (χ2v) is 4.33. The van der Waals surface area contributed by atoms with Crippen LogP contribution in [-0.4, -0.2) is 16.3 Å². The van der Waals surface area contributed by atoms with Gasteiger partial charge in [0.25, 0.3) is 0 Å². The molecule has 4 heteroatoms. The number of nitrogens with zero attached hydrogens (tertiary/aromatic N) is 2. The minimum Gasteiger partial charge on any atom is -0.312 e. The Morgan fingerprint density at radius 3 is 2.82 bits per heavy atom. The lowest BCUT2D eigenvalue weighted by Crippen LogP contribution is -2.24. The van der Waals surface area contributed by atoms with Crippen LogP contribution in [0.4, 0.5) is 4.39 Å². The second kappa shape index (κ2) is 3.96. The maximum absolute atomic E-state index is 12.9. The van der Waals surface area contributed by atoms with Crippen LogP contribution in [0.2, 0.25) is 0 Å². The standard InChI is InChI=1S/C13H14FN3/c1-17-12-6-7-15-8-11(12)13(16-17)9-2-4-10(14)5-3-9/h2-5,15H,6-8H2,1H3. The lowest BCUT2D eigenvalue weighted by atomic mass is 10.0. The summed E-state index contributed by atoms with van der Waals surface area (Å²) >= 11 is 0. The number of nitrogens with one attached hydrogen (secondary N) is 1. The van der Waals surface area contributed by atoms with Gasteiger partial charge in [-0.25, -0.2) is 4.39 Å². The van der Waals surface area contributed by atoms with Crippen LogP contribution in [0, 0.1) is 5.82 Å². The topological polar surface area (TPSA) is 29.9 Å². The Morgan fingerprint density at radius 1 is 1.29 bits per heavy atom. The van der Waals surface area contributed by atoms with Crippen molar-refractivity contribution in [3.05, 3.63) is 41.3 Å². The summed E-state index contributed by atoms with van der Waals surface area (Å²) in [5.74, 6) is -0.211. The Morgan fingerprint density at radius 2 is 2.06 bits per heavy atom. The quantitative estimate of drug-likeness (QED) is 0.812. The first-order chi connectivity index (χ1) is 8.25. The zero-order valence-corrected chi connectivity index (χ0v) is 9.70. The number of aromatic nitrogens is 2. The fraction of sp³-hybridized carbons (Fsp3) is 0.308. The Labute approximate surface area is 99.3 Å². The molecule has 1 aliphatic heterocycles. The van der Waals surface area contributed by atoms with Gasteiger partial charge in [-0.15, -0.1) is 0 Å². The largest absolute Gasteiger partial charge is 0.312 e. The summed E-state index contributed by atoms with van der Waals surface area (Å²) in [6, 6.07) is 6.53. The van der Waals surface area contributed by atoms with Crippen molar-refractivity contribution in [2.75, 3.05) is 6.54 Å². The van der Waals surface area contributed by atoms with Crippen molar-refractivity contribution in [1.82, 2.24) is 15.1 Å². The molecule has 1 aromatic carbocycles. The highest BCUT2D eigenvalue weighted by Crippen LogP contribution is 2.27. The van der Waals surface area contributed by atoms with Crippen LogP contribution in [0.3, 0.4) is 0 Å². The molecule has 88 valence electrons. The first-order valence-corrected chi connectivity index (χ1v) is 5.77. The van der Waals surface area contributed by atoms with Crippen molar-refractivity contribution >= 4 is 0 Å². The normalized spacial score (nSPS) is 14.7. The molecule has 0 unspecified atom stereocenters. The predicted octanol–water partition coefficient (Wildman–Crippen LogP) is 1.87. The van der Waals surface area contributed by atoms with Gasteiger partial charge in [-0.2, -0.15) is 5.10 Å². The summed E-state index contributed by atoms with van der Waals surface area (Å²) < 4.78 is 14.8. The van der Waals surface area contributed by atoms with E-state index in [2.05, 4.69) is 10.4 Å². The van der Waals surface area contributed by atoms with E-state index in [0.717, 1.165) is 30.8 Å². The molecule has 17 heavy (non-hydrogen) atoms. The van der Waals surface area contributed by atoms with Crippen LogP contribution in [0.25, 0.3) is 11.3 Å². The van der Waals surface area contributed by atoms with E-state index in [-0.39, 0.29) is 5.82 Å². The minimum absolute atomic E-state index is 0.211. The van der Waals surface area contributed by atoms with Gasteiger partial charge < -0.3 is 5.32 Å². The van der Waals surface area contributed by atoms with Gasteiger partial charge in [-0.3, -0.25) is 4.68 Å². The number of aryl methyl sites for hydroxylation is 1. The van der Waals surface area contributed by atoms with Crippen molar-refractivity contribution < 1.29 is 4.39 Å². The van der Waals surface area contributed by atoms with E-state index < -0.39 is 0 Å². The van der Waals surface area contributed by atoms with E-state index in [9.17, 15) is 4.39 Å². The molecule has 1 aliphatic rings. The Kier molecular flexibility index (Phi) is 2.44. The van der Waals surface area contributed by atoms with E-state index in [1.807, 2.05) is 11.7 Å². The van der Waals surface area contributed by atoms with Gasteiger partial charge in [-0.05, 0) is 24.3 Å². The number of benzene rings is 1. The molecular weight excluding hydrogens is 217 g/mol. The molecule has 2 heterocycles. The van der Waals surface area contributed by atoms with Crippen molar-refractivity contribution in [1.29, 1.82) is 0 Å². The summed E-state index contributed by atoms with van der Waals surface area (Å²) in [5.41, 5.74) is 4.47. The monoisotopic (exact) mass is 231 g/mol. The average molecular weight is 231 g/mol. The maximum atomic E-state index is 12.9. The Hall–Kier alpha value is -1.68. The van der Waals surface area contributed by atoms with Crippen LogP contribution < -0.4 is 5.32 Å². The van der Waals surface area contributed by atoms with Crippen molar-refractivity contribution in [2.45, 2.75) is 13.0 Å². The molecule has 1 N–H and O–H groups in total. The number of halogens is 1. The van der Waals surface area contributed by atoms with Gasteiger partial charge >= 0.3 is 0 Å². The molecular formula is C13H14FN3. The number of hydrogen-bond donors (Lipinski definition) is 1. The van der Waals surface area contributed by atoms with Crippen molar-refractivity contribution in [2.24, 2.45) is 7.05 Å². The van der Waals surface area contributed by atoms with E-state index in [4.69, 9.17) is 0 Å². The lowest BCUT2D eigenvalue weighted by Gasteiger charge is -2.14. The molecule has 3 rings (SSSR count). The molecule has 0 aliphatic carbocycles. The summed E-state index contributed by atoms with van der Waals surface area (Å²) in [6.45, 7) is 1.84. The Bertz CT molecular complexity index is 543. The summed E-state index contributed by atoms with van der Waals surface area (Å²) in [4.78, 5) is 0. The van der Waals surface area contributed by atoms with E-state index >= 15 is 0 Å². The van der Waals surface area contributed by atoms with Gasteiger partial charge in [-0.1, -0.05) is 0 Å². The SMILES string of the molecule is Cn1nc(-c2ccc(F)cc2)c2c1CCNC2. The third-order valence-corrected chi connectivity index (χ3v) is 3.23. The second-order valence-electron chi connectivity index (χ2n) is 4.33. The van der Waals surface area contributed by atoms with Crippen molar-refractivity contribution in [3.8, 4) is 11.3 Å². The summed E-state index contributed by atoms with van der Waals surface area (Å²) in [7, 11) is 1.97. The fourth-order valence-electron chi connectivity index (χ4n) is 2.36. The first-order valence-electron chi connectivity index (χ1n) is 5.77. The zero-order valence-electron chi connectivity index (χ0n) is 9.70. The zero-order chi connectivity index (χ0) is 11.8.